The fourth-order valence-electron chi connectivity index (χ4n) is 4.19. The van der Waals surface area contributed by atoms with Gasteiger partial charge in [-0.2, -0.15) is 0 Å². The first-order valence-corrected chi connectivity index (χ1v) is 10.3. The number of carbonyl (C=O) groups excluding carboxylic acids is 1. The second-order valence-electron chi connectivity index (χ2n) is 7.92. The number of hydrogen-bond donors (Lipinski definition) is 3. The van der Waals surface area contributed by atoms with Crippen molar-refractivity contribution in [3.05, 3.63) is 72.1 Å². The van der Waals surface area contributed by atoms with Crippen molar-refractivity contribution in [1.82, 2.24) is 9.88 Å². The van der Waals surface area contributed by atoms with Crippen molar-refractivity contribution in [2.45, 2.75) is 25.5 Å². The highest BCUT2D eigenvalue weighted by atomic mass is 16.3. The lowest BCUT2D eigenvalue weighted by Crippen LogP contribution is -2.35. The smallest absolute Gasteiger partial charge is 0.257 e. The maximum absolute atomic E-state index is 12.5. The van der Waals surface area contributed by atoms with Crippen molar-refractivity contribution in [3.63, 3.8) is 0 Å². The van der Waals surface area contributed by atoms with E-state index in [4.69, 9.17) is 0 Å². The van der Waals surface area contributed by atoms with Gasteiger partial charge in [-0.05, 0) is 48.7 Å². The molecule has 0 unspecified atom stereocenters. The molecule has 2 aromatic carbocycles. The average molecular weight is 400 g/mol. The predicted molar refractivity (Wildman–Crippen MR) is 119 cm³/mol. The van der Waals surface area contributed by atoms with Crippen LogP contribution < -0.4 is 10.6 Å². The molecule has 0 aliphatic carbocycles. The molecule has 30 heavy (non-hydrogen) atoms. The van der Waals surface area contributed by atoms with Crippen molar-refractivity contribution in [1.29, 1.82) is 0 Å². The molecule has 3 aromatic rings. The Bertz CT molecular complexity index is 1120. The molecule has 5 rings (SSSR count). The van der Waals surface area contributed by atoms with E-state index in [0.717, 1.165) is 60.3 Å². The van der Waals surface area contributed by atoms with Crippen LogP contribution in [0.15, 0.2) is 60.9 Å². The van der Waals surface area contributed by atoms with Gasteiger partial charge in [0.05, 0.1) is 17.2 Å². The Balaban J connectivity index is 1.33. The molecule has 152 valence electrons. The number of piperidine rings is 1. The summed E-state index contributed by atoms with van der Waals surface area (Å²) in [6.07, 6.45) is 5.08. The van der Waals surface area contributed by atoms with E-state index >= 15 is 0 Å². The van der Waals surface area contributed by atoms with Gasteiger partial charge in [-0.25, -0.2) is 0 Å². The SMILES string of the molecule is O=C1Nc2ccc3ncccc3c2C1=CNc1ccc(CN2CCC(O)CC2)cc1. The molecule has 3 heterocycles. The third-order valence-corrected chi connectivity index (χ3v) is 5.85. The zero-order valence-electron chi connectivity index (χ0n) is 16.6. The Morgan fingerprint density at radius 1 is 1.13 bits per heavy atom. The molecule has 1 saturated heterocycles. The number of amides is 1. The number of aromatic nitrogens is 1. The lowest BCUT2D eigenvalue weighted by Gasteiger charge is -2.29. The van der Waals surface area contributed by atoms with E-state index in [0.29, 0.717) is 5.57 Å². The van der Waals surface area contributed by atoms with Gasteiger partial charge in [-0.3, -0.25) is 14.7 Å². The van der Waals surface area contributed by atoms with Crippen LogP contribution in [0.1, 0.15) is 24.0 Å². The highest BCUT2D eigenvalue weighted by molar-refractivity contribution is 6.34. The first-order valence-electron chi connectivity index (χ1n) is 10.3. The maximum Gasteiger partial charge on any atom is 0.257 e. The topological polar surface area (TPSA) is 77.5 Å². The normalized spacial score (nSPS) is 18.6. The Morgan fingerprint density at radius 3 is 2.73 bits per heavy atom. The van der Waals surface area contributed by atoms with E-state index in [-0.39, 0.29) is 12.0 Å². The fourth-order valence-corrected chi connectivity index (χ4v) is 4.19. The number of pyridine rings is 1. The van der Waals surface area contributed by atoms with Crippen LogP contribution in [0.4, 0.5) is 11.4 Å². The first kappa shape index (κ1) is 18.8. The molecule has 0 spiro atoms. The van der Waals surface area contributed by atoms with E-state index in [9.17, 15) is 9.90 Å². The van der Waals surface area contributed by atoms with Crippen LogP contribution in [-0.4, -0.2) is 40.1 Å². The van der Waals surface area contributed by atoms with Gasteiger partial charge < -0.3 is 15.7 Å². The number of aliphatic hydroxyl groups excluding tert-OH is 1. The number of fused-ring (bicyclic) bond motifs is 3. The van der Waals surface area contributed by atoms with E-state index in [1.54, 1.807) is 12.4 Å². The highest BCUT2D eigenvalue weighted by Crippen LogP contribution is 2.37. The van der Waals surface area contributed by atoms with Crippen molar-refractivity contribution >= 4 is 33.8 Å². The third kappa shape index (κ3) is 3.67. The van der Waals surface area contributed by atoms with Gasteiger partial charge in [-0.15, -0.1) is 0 Å². The van der Waals surface area contributed by atoms with Crippen LogP contribution in [0.5, 0.6) is 0 Å². The van der Waals surface area contributed by atoms with Gasteiger partial charge >= 0.3 is 0 Å². The minimum absolute atomic E-state index is 0.113. The monoisotopic (exact) mass is 400 g/mol. The largest absolute Gasteiger partial charge is 0.393 e. The molecule has 1 fully saturated rings. The highest BCUT2D eigenvalue weighted by Gasteiger charge is 2.26. The van der Waals surface area contributed by atoms with Crippen LogP contribution >= 0.6 is 0 Å². The van der Waals surface area contributed by atoms with E-state index < -0.39 is 0 Å². The molecular formula is C24H24N4O2. The molecule has 0 saturated carbocycles. The molecule has 2 aliphatic heterocycles. The zero-order chi connectivity index (χ0) is 20.5. The Hall–Kier alpha value is -3.22. The molecule has 1 amide bonds. The summed E-state index contributed by atoms with van der Waals surface area (Å²) in [5.74, 6) is -0.113. The first-order chi connectivity index (χ1) is 14.7. The van der Waals surface area contributed by atoms with Gasteiger partial charge in [0.1, 0.15) is 0 Å². The number of carbonyl (C=O) groups is 1. The molecule has 2 aliphatic rings. The number of aliphatic hydroxyl groups is 1. The molecule has 0 bridgehead atoms. The molecule has 1 aromatic heterocycles. The van der Waals surface area contributed by atoms with Crippen molar-refractivity contribution in [2.75, 3.05) is 23.7 Å². The zero-order valence-corrected chi connectivity index (χ0v) is 16.6. The standard InChI is InChI=1S/C24H24N4O2/c29-18-9-12-28(13-10-18)15-16-3-5-17(6-4-16)26-14-20-23-19-2-1-11-25-21(19)7-8-22(23)27-24(20)30/h1-8,11,14,18,26,29H,9-10,12-13,15H2,(H,27,30). The quantitative estimate of drug-likeness (QED) is 0.584. The van der Waals surface area contributed by atoms with Crippen LogP contribution in [0, 0.1) is 0 Å². The minimum atomic E-state index is -0.147. The Kier molecular flexibility index (Phi) is 4.94. The molecule has 0 radical (unpaired) electrons. The van der Waals surface area contributed by atoms with Gasteiger partial charge in [0.15, 0.2) is 0 Å². The second-order valence-corrected chi connectivity index (χ2v) is 7.92. The summed E-state index contributed by atoms with van der Waals surface area (Å²) >= 11 is 0. The summed E-state index contributed by atoms with van der Waals surface area (Å²) in [6.45, 7) is 2.76. The third-order valence-electron chi connectivity index (χ3n) is 5.85. The minimum Gasteiger partial charge on any atom is -0.393 e. The Morgan fingerprint density at radius 2 is 1.93 bits per heavy atom. The molecule has 6 nitrogen and oxygen atoms in total. The van der Waals surface area contributed by atoms with Crippen molar-refractivity contribution in [2.24, 2.45) is 0 Å². The second kappa shape index (κ2) is 7.89. The van der Waals surface area contributed by atoms with E-state index in [1.807, 2.05) is 36.4 Å². The lowest BCUT2D eigenvalue weighted by molar-refractivity contribution is -0.110. The van der Waals surface area contributed by atoms with Gasteiger partial charge in [0.25, 0.3) is 5.91 Å². The summed E-state index contributed by atoms with van der Waals surface area (Å²) in [4.78, 5) is 19.3. The van der Waals surface area contributed by atoms with Gasteiger partial charge in [0, 0.05) is 54.4 Å². The van der Waals surface area contributed by atoms with E-state index in [2.05, 4.69) is 32.7 Å². The van der Waals surface area contributed by atoms with Crippen LogP contribution in [-0.2, 0) is 11.3 Å². The summed E-state index contributed by atoms with van der Waals surface area (Å²) in [6, 6.07) is 16.0. The van der Waals surface area contributed by atoms with Crippen LogP contribution in [0.25, 0.3) is 16.5 Å². The van der Waals surface area contributed by atoms with Crippen molar-refractivity contribution < 1.29 is 9.90 Å². The number of rotatable bonds is 4. The summed E-state index contributed by atoms with van der Waals surface area (Å²) in [7, 11) is 0. The number of nitrogens with zero attached hydrogens (tertiary/aromatic N) is 2. The molecule has 3 N–H and O–H groups in total. The van der Waals surface area contributed by atoms with Gasteiger partial charge in [0.2, 0.25) is 0 Å². The number of benzene rings is 2. The maximum atomic E-state index is 12.5. The van der Waals surface area contributed by atoms with Crippen LogP contribution in [0.3, 0.4) is 0 Å². The summed E-state index contributed by atoms with van der Waals surface area (Å²) < 4.78 is 0. The van der Waals surface area contributed by atoms with Crippen LogP contribution in [0.2, 0.25) is 0 Å². The molecule has 0 atom stereocenters. The number of hydrogen-bond acceptors (Lipinski definition) is 5. The van der Waals surface area contributed by atoms with Gasteiger partial charge in [-0.1, -0.05) is 18.2 Å². The Labute approximate surface area is 175 Å². The summed E-state index contributed by atoms with van der Waals surface area (Å²) in [5.41, 5.74) is 5.36. The average Bonchev–Trinajstić information content (AvgIpc) is 3.10. The molecule has 6 heteroatoms. The summed E-state index contributed by atoms with van der Waals surface area (Å²) in [5, 5.41) is 16.8. The number of nitrogens with one attached hydrogen (secondary N) is 2. The number of anilines is 2. The lowest BCUT2D eigenvalue weighted by atomic mass is 10.0. The number of likely N-dealkylation sites (tertiary alicyclic amines) is 1. The fraction of sp³-hybridized carbons (Fsp3) is 0.250. The van der Waals surface area contributed by atoms with E-state index in [1.165, 1.54) is 5.56 Å². The van der Waals surface area contributed by atoms with Crippen molar-refractivity contribution in [3.8, 4) is 0 Å². The predicted octanol–water partition coefficient (Wildman–Crippen LogP) is 3.60. The molecular weight excluding hydrogens is 376 g/mol.